The van der Waals surface area contributed by atoms with Gasteiger partial charge in [0.2, 0.25) is 0 Å². The minimum Gasteiger partial charge on any atom is -0.481 e. The third kappa shape index (κ3) is 3.93. The molecule has 112 valence electrons. The first-order valence-corrected chi connectivity index (χ1v) is 8.47. The van der Waals surface area contributed by atoms with Crippen LogP contribution in [0.4, 0.5) is 0 Å². The summed E-state index contributed by atoms with van der Waals surface area (Å²) in [7, 11) is 0. The molecule has 0 radical (unpaired) electrons. The molecule has 0 aliphatic carbocycles. The van der Waals surface area contributed by atoms with Gasteiger partial charge in [-0.1, -0.05) is 24.0 Å². The van der Waals surface area contributed by atoms with E-state index >= 15 is 0 Å². The quantitative estimate of drug-likeness (QED) is 0.657. The van der Waals surface area contributed by atoms with Gasteiger partial charge in [-0.2, -0.15) is 0 Å². The van der Waals surface area contributed by atoms with Crippen molar-refractivity contribution in [3.8, 4) is 0 Å². The predicted molar refractivity (Wildman–Crippen MR) is 90.5 cm³/mol. The lowest BCUT2D eigenvalue weighted by Crippen LogP contribution is -2.29. The minimum atomic E-state index is -0.860. The molecule has 2 rings (SSSR count). The van der Waals surface area contributed by atoms with Crippen molar-refractivity contribution in [3.05, 3.63) is 26.3 Å². The fourth-order valence-corrected chi connectivity index (χ4v) is 4.35. The summed E-state index contributed by atoms with van der Waals surface area (Å²) < 4.78 is 0.502. The Labute approximate surface area is 136 Å². The van der Waals surface area contributed by atoms with Crippen molar-refractivity contribution < 1.29 is 14.7 Å². The molecule has 0 spiro atoms. The van der Waals surface area contributed by atoms with Gasteiger partial charge in [-0.05, 0) is 38.0 Å². The van der Waals surface area contributed by atoms with E-state index in [0.29, 0.717) is 22.2 Å². The second-order valence-electron chi connectivity index (χ2n) is 4.73. The molecule has 0 saturated carbocycles. The number of carboxylic acid groups (broad SMARTS) is 1. The van der Waals surface area contributed by atoms with E-state index in [1.807, 2.05) is 19.9 Å². The number of hydrogen-bond acceptors (Lipinski definition) is 5. The van der Waals surface area contributed by atoms with E-state index in [9.17, 15) is 9.59 Å². The molecule has 1 saturated heterocycles. The molecule has 1 fully saturated rings. The molecule has 1 amide bonds. The Bertz CT molecular complexity index is 633. The number of thiophene rings is 1. The van der Waals surface area contributed by atoms with Crippen molar-refractivity contribution in [3.63, 3.8) is 0 Å². The summed E-state index contributed by atoms with van der Waals surface area (Å²) in [4.78, 5) is 27.2. The zero-order chi connectivity index (χ0) is 15.6. The van der Waals surface area contributed by atoms with Crippen LogP contribution in [0.1, 0.15) is 28.2 Å². The summed E-state index contributed by atoms with van der Waals surface area (Å²) in [5.74, 6) is -0.985. The normalized spacial score (nSPS) is 17.0. The lowest BCUT2D eigenvalue weighted by molar-refractivity contribution is -0.137. The van der Waals surface area contributed by atoms with Gasteiger partial charge >= 0.3 is 5.97 Å². The average molecular weight is 341 g/mol. The predicted octanol–water partition coefficient (Wildman–Crippen LogP) is 3.43. The van der Waals surface area contributed by atoms with Crippen LogP contribution >= 0.6 is 35.3 Å². The first-order valence-electron chi connectivity index (χ1n) is 6.42. The van der Waals surface area contributed by atoms with Crippen LogP contribution in [0, 0.1) is 13.8 Å². The second kappa shape index (κ2) is 6.72. The van der Waals surface area contributed by atoms with Crippen LogP contribution in [0.2, 0.25) is 0 Å². The Hall–Kier alpha value is -1.18. The molecule has 0 atom stereocenters. The van der Waals surface area contributed by atoms with Gasteiger partial charge in [0.25, 0.3) is 5.91 Å². The van der Waals surface area contributed by atoms with Crippen molar-refractivity contribution >= 4 is 57.6 Å². The van der Waals surface area contributed by atoms with Gasteiger partial charge in [0.15, 0.2) is 0 Å². The van der Waals surface area contributed by atoms with E-state index in [1.165, 1.54) is 21.5 Å². The average Bonchev–Trinajstić information content (AvgIpc) is 2.83. The molecule has 1 aromatic heterocycles. The SMILES string of the molecule is Cc1cc(C)c(C=C2SC(=S)N(CCCC(=O)O)C2=O)s1. The van der Waals surface area contributed by atoms with E-state index in [-0.39, 0.29) is 12.3 Å². The highest BCUT2D eigenvalue weighted by Crippen LogP contribution is 2.34. The van der Waals surface area contributed by atoms with Crippen LogP contribution < -0.4 is 0 Å². The molecule has 0 unspecified atom stereocenters. The van der Waals surface area contributed by atoms with Crippen molar-refractivity contribution in [1.29, 1.82) is 0 Å². The Morgan fingerprint density at radius 1 is 1.48 bits per heavy atom. The molecule has 4 nitrogen and oxygen atoms in total. The van der Waals surface area contributed by atoms with Crippen molar-refractivity contribution in [2.45, 2.75) is 26.7 Å². The van der Waals surface area contributed by atoms with E-state index in [4.69, 9.17) is 17.3 Å². The lowest BCUT2D eigenvalue weighted by Gasteiger charge is -2.13. The summed E-state index contributed by atoms with van der Waals surface area (Å²) in [5, 5.41) is 8.65. The van der Waals surface area contributed by atoms with E-state index in [1.54, 1.807) is 11.3 Å². The van der Waals surface area contributed by atoms with Crippen LogP contribution in [-0.4, -0.2) is 32.7 Å². The van der Waals surface area contributed by atoms with Crippen LogP contribution in [0.3, 0.4) is 0 Å². The molecular formula is C14H15NO3S3. The maximum absolute atomic E-state index is 12.3. The van der Waals surface area contributed by atoms with Crippen LogP contribution in [0.5, 0.6) is 0 Å². The number of thioether (sulfide) groups is 1. The Morgan fingerprint density at radius 2 is 2.19 bits per heavy atom. The molecule has 0 aromatic carbocycles. The number of hydrogen-bond donors (Lipinski definition) is 1. The van der Waals surface area contributed by atoms with Crippen LogP contribution in [-0.2, 0) is 9.59 Å². The summed E-state index contributed by atoms with van der Waals surface area (Å²) in [6.07, 6.45) is 2.33. The van der Waals surface area contributed by atoms with Gasteiger partial charge in [-0.3, -0.25) is 14.5 Å². The minimum absolute atomic E-state index is 0.0410. The third-order valence-electron chi connectivity index (χ3n) is 2.99. The van der Waals surface area contributed by atoms with Crippen LogP contribution in [0.15, 0.2) is 11.0 Å². The monoisotopic (exact) mass is 341 g/mol. The number of aryl methyl sites for hydroxylation is 2. The maximum atomic E-state index is 12.3. The zero-order valence-corrected chi connectivity index (χ0v) is 14.2. The summed E-state index contributed by atoms with van der Waals surface area (Å²) in [6.45, 7) is 4.41. The summed E-state index contributed by atoms with van der Waals surface area (Å²) >= 11 is 8.14. The molecule has 2 heterocycles. The second-order valence-corrected chi connectivity index (χ2v) is 7.70. The fraction of sp³-hybridized carbons (Fsp3) is 0.357. The largest absolute Gasteiger partial charge is 0.481 e. The molecule has 21 heavy (non-hydrogen) atoms. The summed E-state index contributed by atoms with van der Waals surface area (Å²) in [5.41, 5.74) is 1.15. The molecule has 1 N–H and O–H groups in total. The summed E-state index contributed by atoms with van der Waals surface area (Å²) in [6, 6.07) is 2.09. The van der Waals surface area contributed by atoms with Crippen molar-refractivity contribution in [1.82, 2.24) is 4.90 Å². The number of rotatable bonds is 5. The molecular weight excluding hydrogens is 326 g/mol. The number of nitrogens with zero attached hydrogens (tertiary/aromatic N) is 1. The Balaban J connectivity index is 2.10. The third-order valence-corrected chi connectivity index (χ3v) is 5.46. The topological polar surface area (TPSA) is 57.6 Å². The van der Waals surface area contributed by atoms with Gasteiger partial charge in [0.05, 0.1) is 4.91 Å². The molecule has 0 bridgehead atoms. The van der Waals surface area contributed by atoms with E-state index in [0.717, 1.165) is 10.4 Å². The van der Waals surface area contributed by atoms with Crippen molar-refractivity contribution in [2.24, 2.45) is 0 Å². The molecule has 1 aliphatic heterocycles. The maximum Gasteiger partial charge on any atom is 0.303 e. The van der Waals surface area contributed by atoms with Crippen molar-refractivity contribution in [2.75, 3.05) is 6.54 Å². The smallest absolute Gasteiger partial charge is 0.303 e. The van der Waals surface area contributed by atoms with E-state index in [2.05, 4.69) is 6.07 Å². The number of carbonyl (C=O) groups excluding carboxylic acids is 1. The highest BCUT2D eigenvalue weighted by molar-refractivity contribution is 8.26. The Kier molecular flexibility index (Phi) is 5.18. The highest BCUT2D eigenvalue weighted by Gasteiger charge is 2.31. The standard InChI is InChI=1S/C14H15NO3S3/c1-8-6-9(2)20-10(8)7-11-13(18)15(14(19)21-11)5-3-4-12(16)17/h6-7H,3-5H2,1-2H3,(H,16,17). The number of aliphatic carboxylic acids is 1. The van der Waals surface area contributed by atoms with Gasteiger partial charge in [-0.15, -0.1) is 11.3 Å². The van der Waals surface area contributed by atoms with E-state index < -0.39 is 5.97 Å². The molecule has 1 aliphatic rings. The zero-order valence-electron chi connectivity index (χ0n) is 11.7. The first kappa shape index (κ1) is 16.2. The van der Waals surface area contributed by atoms with Gasteiger partial charge in [0, 0.05) is 22.7 Å². The molecule has 7 heteroatoms. The van der Waals surface area contributed by atoms with Gasteiger partial charge < -0.3 is 5.11 Å². The molecule has 1 aromatic rings. The Morgan fingerprint density at radius 3 is 2.76 bits per heavy atom. The first-order chi connectivity index (χ1) is 9.88. The number of thiocarbonyl (C=S) groups is 1. The van der Waals surface area contributed by atoms with Gasteiger partial charge in [0.1, 0.15) is 4.32 Å². The number of carboxylic acids is 1. The van der Waals surface area contributed by atoms with Gasteiger partial charge in [-0.25, -0.2) is 0 Å². The number of carbonyl (C=O) groups is 2. The highest BCUT2D eigenvalue weighted by atomic mass is 32.2. The number of amides is 1. The lowest BCUT2D eigenvalue weighted by atomic mass is 10.2. The van der Waals surface area contributed by atoms with Crippen LogP contribution in [0.25, 0.3) is 6.08 Å². The fourth-order valence-electron chi connectivity index (χ4n) is 2.00.